The van der Waals surface area contributed by atoms with Gasteiger partial charge in [0.1, 0.15) is 0 Å². The van der Waals surface area contributed by atoms with Crippen LogP contribution in [0.15, 0.2) is 24.3 Å². The summed E-state index contributed by atoms with van der Waals surface area (Å²) in [6.07, 6.45) is 6.78. The van der Waals surface area contributed by atoms with Crippen LogP contribution in [0, 0.1) is 0 Å². The number of amides is 2. The van der Waals surface area contributed by atoms with E-state index in [1.165, 1.54) is 6.42 Å². The topological polar surface area (TPSA) is 61.4 Å². The molecule has 1 atom stereocenters. The highest BCUT2D eigenvalue weighted by molar-refractivity contribution is 6.33. The van der Waals surface area contributed by atoms with Gasteiger partial charge >= 0.3 is 0 Å². The lowest BCUT2D eigenvalue weighted by molar-refractivity contribution is -0.128. The van der Waals surface area contributed by atoms with E-state index in [9.17, 15) is 9.59 Å². The third-order valence-electron chi connectivity index (χ3n) is 6.28. The van der Waals surface area contributed by atoms with Gasteiger partial charge in [-0.2, -0.15) is 0 Å². The summed E-state index contributed by atoms with van der Waals surface area (Å²) in [5.74, 6) is 0.220. The molecular weight excluding hydrogens is 350 g/mol. The van der Waals surface area contributed by atoms with Crippen LogP contribution in [0.1, 0.15) is 55.3 Å². The van der Waals surface area contributed by atoms with Crippen molar-refractivity contribution in [3.8, 4) is 0 Å². The monoisotopic (exact) mass is 375 g/mol. The first-order valence-electron chi connectivity index (χ1n) is 9.68. The van der Waals surface area contributed by atoms with Gasteiger partial charge in [-0.15, -0.1) is 0 Å². The number of nitrogens with zero attached hydrogens (tertiary/aromatic N) is 1. The molecular formula is C20H26ClN3O2. The molecule has 1 aliphatic carbocycles. The Morgan fingerprint density at radius 2 is 1.92 bits per heavy atom. The molecule has 0 radical (unpaired) electrons. The van der Waals surface area contributed by atoms with Crippen molar-refractivity contribution in [3.05, 3.63) is 34.9 Å². The maximum Gasteiger partial charge on any atom is 0.255 e. The van der Waals surface area contributed by atoms with E-state index < -0.39 is 0 Å². The zero-order valence-corrected chi connectivity index (χ0v) is 15.7. The lowest BCUT2D eigenvalue weighted by Gasteiger charge is -2.52. The molecule has 2 N–H and O–H groups in total. The second-order valence-corrected chi connectivity index (χ2v) is 8.27. The molecule has 1 saturated carbocycles. The molecule has 140 valence electrons. The van der Waals surface area contributed by atoms with Gasteiger partial charge in [0.05, 0.1) is 16.1 Å². The van der Waals surface area contributed by atoms with Gasteiger partial charge in [0.25, 0.3) is 5.91 Å². The summed E-state index contributed by atoms with van der Waals surface area (Å²) in [7, 11) is 0. The average molecular weight is 376 g/mol. The van der Waals surface area contributed by atoms with E-state index in [2.05, 4.69) is 10.6 Å². The lowest BCUT2D eigenvalue weighted by Crippen LogP contribution is -2.69. The van der Waals surface area contributed by atoms with E-state index in [0.29, 0.717) is 29.1 Å². The zero-order chi connectivity index (χ0) is 18.1. The molecule has 2 heterocycles. The second kappa shape index (κ2) is 7.20. The Kier molecular flexibility index (Phi) is 4.93. The fourth-order valence-electron chi connectivity index (χ4n) is 4.59. The molecule has 4 rings (SSSR count). The van der Waals surface area contributed by atoms with Gasteiger partial charge in [-0.1, -0.05) is 23.7 Å². The van der Waals surface area contributed by atoms with Crippen molar-refractivity contribution in [2.24, 2.45) is 0 Å². The Labute approximate surface area is 159 Å². The van der Waals surface area contributed by atoms with Crippen molar-refractivity contribution >= 4 is 23.4 Å². The summed E-state index contributed by atoms with van der Waals surface area (Å²) in [6, 6.07) is 8.02. The number of benzene rings is 1. The molecule has 2 amide bonds. The van der Waals surface area contributed by atoms with E-state index in [1.54, 1.807) is 12.1 Å². The number of halogens is 1. The van der Waals surface area contributed by atoms with Crippen molar-refractivity contribution in [2.45, 2.75) is 62.6 Å². The van der Waals surface area contributed by atoms with Gasteiger partial charge in [0.2, 0.25) is 5.91 Å². The largest absolute Gasteiger partial charge is 0.349 e. The van der Waals surface area contributed by atoms with Crippen LogP contribution in [0.2, 0.25) is 5.02 Å². The van der Waals surface area contributed by atoms with Crippen molar-refractivity contribution in [1.29, 1.82) is 0 Å². The van der Waals surface area contributed by atoms with E-state index in [1.807, 2.05) is 17.0 Å². The zero-order valence-electron chi connectivity index (χ0n) is 15.0. The summed E-state index contributed by atoms with van der Waals surface area (Å²) in [4.78, 5) is 26.4. The number of hydrogen-bond acceptors (Lipinski definition) is 3. The Morgan fingerprint density at radius 1 is 1.19 bits per heavy atom. The molecule has 6 heteroatoms. The summed E-state index contributed by atoms with van der Waals surface area (Å²) < 4.78 is 0. The molecule has 1 aromatic carbocycles. The fourth-order valence-corrected chi connectivity index (χ4v) is 4.81. The van der Waals surface area contributed by atoms with Crippen LogP contribution in [0.4, 0.5) is 0 Å². The summed E-state index contributed by atoms with van der Waals surface area (Å²) in [6.45, 7) is 1.49. The van der Waals surface area contributed by atoms with Crippen molar-refractivity contribution in [2.75, 3.05) is 13.1 Å². The van der Waals surface area contributed by atoms with Crippen molar-refractivity contribution in [3.63, 3.8) is 0 Å². The minimum absolute atomic E-state index is 0.0140. The molecule has 1 unspecified atom stereocenters. The standard InChI is InChI=1S/C20H26ClN3O2/c21-16-5-2-1-4-15(16)19(26)24-12-8-14(9-13-24)22-17-6-7-18(25)23-20(17)10-3-11-20/h1-2,4-5,14,17,22H,3,6-13H2,(H,23,25). The first kappa shape index (κ1) is 17.8. The minimum Gasteiger partial charge on any atom is -0.349 e. The van der Waals surface area contributed by atoms with Gasteiger partial charge in [0, 0.05) is 31.6 Å². The van der Waals surface area contributed by atoms with Crippen LogP contribution in [0.5, 0.6) is 0 Å². The lowest BCUT2D eigenvalue weighted by atomic mass is 9.68. The van der Waals surface area contributed by atoms with Crippen LogP contribution in [-0.2, 0) is 4.79 Å². The predicted octanol–water partition coefficient (Wildman–Crippen LogP) is 2.74. The van der Waals surface area contributed by atoms with E-state index in [4.69, 9.17) is 11.6 Å². The van der Waals surface area contributed by atoms with Crippen LogP contribution in [0.3, 0.4) is 0 Å². The molecule has 1 aromatic rings. The Morgan fingerprint density at radius 3 is 2.58 bits per heavy atom. The maximum absolute atomic E-state index is 12.7. The van der Waals surface area contributed by atoms with Gasteiger partial charge in [-0.25, -0.2) is 0 Å². The molecule has 26 heavy (non-hydrogen) atoms. The Bertz CT molecular complexity index is 696. The molecule has 3 aliphatic rings. The van der Waals surface area contributed by atoms with Crippen LogP contribution in [0.25, 0.3) is 0 Å². The number of nitrogens with one attached hydrogen (secondary N) is 2. The first-order valence-corrected chi connectivity index (χ1v) is 10.1. The number of carbonyl (C=O) groups is 2. The Hall–Kier alpha value is -1.59. The third-order valence-corrected chi connectivity index (χ3v) is 6.61. The molecule has 2 aliphatic heterocycles. The number of likely N-dealkylation sites (tertiary alicyclic amines) is 1. The SMILES string of the molecule is O=C1CCC(NC2CCN(C(=O)c3ccccc3Cl)CC2)C2(CCC2)N1. The quantitative estimate of drug-likeness (QED) is 0.853. The highest BCUT2D eigenvalue weighted by atomic mass is 35.5. The number of carbonyl (C=O) groups excluding carboxylic acids is 2. The van der Waals surface area contributed by atoms with Crippen LogP contribution >= 0.6 is 11.6 Å². The smallest absolute Gasteiger partial charge is 0.255 e. The molecule has 2 saturated heterocycles. The highest BCUT2D eigenvalue weighted by Crippen LogP contribution is 2.39. The predicted molar refractivity (Wildman–Crippen MR) is 101 cm³/mol. The molecule has 3 fully saturated rings. The number of rotatable bonds is 3. The summed E-state index contributed by atoms with van der Waals surface area (Å²) in [5, 5.41) is 7.56. The molecule has 1 spiro atoms. The normalized spacial score (nSPS) is 25.7. The van der Waals surface area contributed by atoms with Gasteiger partial charge < -0.3 is 15.5 Å². The van der Waals surface area contributed by atoms with Crippen LogP contribution < -0.4 is 10.6 Å². The first-order chi connectivity index (χ1) is 12.6. The number of piperidine rings is 2. The minimum atomic E-state index is -0.0140. The summed E-state index contributed by atoms with van der Waals surface area (Å²) in [5.41, 5.74) is 0.573. The third kappa shape index (κ3) is 3.35. The van der Waals surface area contributed by atoms with Gasteiger partial charge in [-0.3, -0.25) is 9.59 Å². The molecule has 5 nitrogen and oxygen atoms in total. The Balaban J connectivity index is 1.33. The highest BCUT2D eigenvalue weighted by Gasteiger charge is 2.48. The maximum atomic E-state index is 12.7. The second-order valence-electron chi connectivity index (χ2n) is 7.86. The molecule has 0 bridgehead atoms. The van der Waals surface area contributed by atoms with Gasteiger partial charge in [0.15, 0.2) is 0 Å². The summed E-state index contributed by atoms with van der Waals surface area (Å²) >= 11 is 6.17. The molecule has 0 aromatic heterocycles. The number of hydrogen-bond donors (Lipinski definition) is 2. The van der Waals surface area contributed by atoms with E-state index in [-0.39, 0.29) is 17.4 Å². The van der Waals surface area contributed by atoms with E-state index in [0.717, 1.165) is 45.2 Å². The average Bonchev–Trinajstić information content (AvgIpc) is 2.62. The fraction of sp³-hybridized carbons (Fsp3) is 0.600. The van der Waals surface area contributed by atoms with E-state index >= 15 is 0 Å². The van der Waals surface area contributed by atoms with Crippen LogP contribution in [-0.4, -0.2) is 47.4 Å². The van der Waals surface area contributed by atoms with Crippen molar-refractivity contribution in [1.82, 2.24) is 15.5 Å². The van der Waals surface area contributed by atoms with Gasteiger partial charge in [-0.05, 0) is 50.7 Å². The van der Waals surface area contributed by atoms with Crippen molar-refractivity contribution < 1.29 is 9.59 Å².